The average Bonchev–Trinajstić information content (AvgIpc) is 2.68. The number of nitrogens with zero attached hydrogens (tertiary/aromatic N) is 2. The van der Waals surface area contributed by atoms with Gasteiger partial charge < -0.3 is 5.73 Å². The minimum Gasteiger partial charge on any atom is -0.383 e. The summed E-state index contributed by atoms with van der Waals surface area (Å²) in [5, 5.41) is 9.82. The quantitative estimate of drug-likeness (QED) is 0.698. The summed E-state index contributed by atoms with van der Waals surface area (Å²) in [7, 11) is 0. The number of rotatable bonds is 2. The molecule has 0 amide bonds. The van der Waals surface area contributed by atoms with Gasteiger partial charge in [0.15, 0.2) is 0 Å². The maximum Gasteiger partial charge on any atom is 0.142 e. The van der Waals surface area contributed by atoms with Crippen molar-refractivity contribution in [1.82, 2.24) is 4.98 Å². The molecule has 1 aliphatic rings. The van der Waals surface area contributed by atoms with E-state index >= 15 is 0 Å². The molecule has 1 aromatic heterocycles. The van der Waals surface area contributed by atoms with Gasteiger partial charge in [0.05, 0.1) is 0 Å². The first-order chi connectivity index (χ1) is 13.1. The van der Waals surface area contributed by atoms with Gasteiger partial charge in [-0.3, -0.25) is 0 Å². The molecule has 0 saturated carbocycles. The third kappa shape index (κ3) is 3.08. The van der Waals surface area contributed by atoms with Crippen LogP contribution >= 0.6 is 0 Å². The van der Waals surface area contributed by atoms with Gasteiger partial charge in [-0.15, -0.1) is 0 Å². The Hall–Kier alpha value is -3.12. The van der Waals surface area contributed by atoms with Crippen molar-refractivity contribution in [3.05, 3.63) is 82.0 Å². The third-order valence-electron chi connectivity index (χ3n) is 5.63. The Morgan fingerprint density at radius 2 is 1.89 bits per heavy atom. The molecule has 3 heteroatoms. The average molecular weight is 353 g/mol. The zero-order valence-corrected chi connectivity index (χ0v) is 15.8. The van der Waals surface area contributed by atoms with Crippen molar-refractivity contribution in [2.75, 3.05) is 5.73 Å². The van der Waals surface area contributed by atoms with Crippen molar-refractivity contribution in [1.29, 1.82) is 5.26 Å². The van der Waals surface area contributed by atoms with E-state index in [0.717, 1.165) is 36.1 Å². The van der Waals surface area contributed by atoms with E-state index in [4.69, 9.17) is 5.73 Å². The van der Waals surface area contributed by atoms with Crippen molar-refractivity contribution in [3.8, 4) is 17.2 Å². The van der Waals surface area contributed by atoms with Crippen LogP contribution in [0.3, 0.4) is 0 Å². The van der Waals surface area contributed by atoms with Crippen LogP contribution in [-0.2, 0) is 12.8 Å². The molecule has 134 valence electrons. The van der Waals surface area contributed by atoms with Crippen LogP contribution in [0.25, 0.3) is 11.1 Å². The summed E-state index contributed by atoms with van der Waals surface area (Å²) < 4.78 is 0. The number of pyridine rings is 1. The first-order valence-electron chi connectivity index (χ1n) is 9.42. The van der Waals surface area contributed by atoms with E-state index in [1.165, 1.54) is 22.3 Å². The van der Waals surface area contributed by atoms with E-state index in [1.807, 2.05) is 0 Å². The first kappa shape index (κ1) is 17.3. The van der Waals surface area contributed by atoms with Crippen molar-refractivity contribution in [2.45, 2.75) is 39.0 Å². The van der Waals surface area contributed by atoms with Gasteiger partial charge in [0.1, 0.15) is 17.5 Å². The highest BCUT2D eigenvalue weighted by Crippen LogP contribution is 2.41. The van der Waals surface area contributed by atoms with Gasteiger partial charge >= 0.3 is 0 Å². The number of hydrogen-bond acceptors (Lipinski definition) is 3. The fraction of sp³-hybridized carbons (Fsp3) is 0.250. The lowest BCUT2D eigenvalue weighted by Gasteiger charge is -2.28. The number of nitrogen functional groups attached to an aromatic ring is 1. The molecule has 1 atom stereocenters. The summed E-state index contributed by atoms with van der Waals surface area (Å²) in [6, 6.07) is 19.3. The largest absolute Gasteiger partial charge is 0.383 e. The van der Waals surface area contributed by atoms with E-state index in [0.29, 0.717) is 17.3 Å². The standard InChI is InChI=1S/C24H23N3/c1-15-8-10-19(16(2)12-15)23-20-13-18(17-6-4-3-5-7-17)9-11-22(20)27-24(26)21(23)14-25/h3-8,10,12,18H,9,11,13H2,1-2H3,(H2,26,27). The highest BCUT2D eigenvalue weighted by Gasteiger charge is 2.27. The fourth-order valence-corrected chi connectivity index (χ4v) is 4.29. The second-order valence-electron chi connectivity index (χ2n) is 7.45. The monoisotopic (exact) mass is 353 g/mol. The molecule has 3 nitrogen and oxygen atoms in total. The Balaban J connectivity index is 1.91. The molecule has 0 saturated heterocycles. The van der Waals surface area contributed by atoms with Crippen LogP contribution in [0, 0.1) is 25.2 Å². The molecule has 1 aliphatic carbocycles. The minimum atomic E-state index is 0.351. The second-order valence-corrected chi connectivity index (χ2v) is 7.45. The Labute approximate surface area is 160 Å². The maximum atomic E-state index is 9.82. The zero-order chi connectivity index (χ0) is 19.0. The molecule has 0 spiro atoms. The van der Waals surface area contributed by atoms with Crippen LogP contribution in [0.5, 0.6) is 0 Å². The summed E-state index contributed by atoms with van der Waals surface area (Å²) in [5.41, 5.74) is 14.7. The number of fused-ring (bicyclic) bond motifs is 1. The number of benzene rings is 2. The summed E-state index contributed by atoms with van der Waals surface area (Å²) in [5.74, 6) is 0.796. The van der Waals surface area contributed by atoms with Crippen LogP contribution in [0.4, 0.5) is 5.82 Å². The van der Waals surface area contributed by atoms with Crippen molar-refractivity contribution >= 4 is 5.82 Å². The lowest BCUT2D eigenvalue weighted by atomic mass is 9.78. The van der Waals surface area contributed by atoms with Gasteiger partial charge in [0, 0.05) is 11.3 Å². The molecule has 0 aliphatic heterocycles. The molecule has 0 bridgehead atoms. The summed E-state index contributed by atoms with van der Waals surface area (Å²) in [6.07, 6.45) is 2.84. The normalized spacial score (nSPS) is 15.8. The molecule has 0 fully saturated rings. The van der Waals surface area contributed by atoms with Crippen LogP contribution in [0.1, 0.15) is 45.8 Å². The Kier molecular flexibility index (Phi) is 4.41. The number of aromatic nitrogens is 1. The lowest BCUT2D eigenvalue weighted by Crippen LogP contribution is -2.18. The third-order valence-corrected chi connectivity index (χ3v) is 5.63. The maximum absolute atomic E-state index is 9.82. The molecule has 1 heterocycles. The predicted molar refractivity (Wildman–Crippen MR) is 109 cm³/mol. The van der Waals surface area contributed by atoms with Crippen molar-refractivity contribution < 1.29 is 0 Å². The van der Waals surface area contributed by atoms with Crippen molar-refractivity contribution in [2.24, 2.45) is 0 Å². The number of aryl methyl sites for hydroxylation is 3. The highest BCUT2D eigenvalue weighted by molar-refractivity contribution is 5.81. The molecule has 2 N–H and O–H groups in total. The van der Waals surface area contributed by atoms with Gasteiger partial charge in [-0.2, -0.15) is 5.26 Å². The number of nitriles is 1. The molecular formula is C24H23N3. The van der Waals surface area contributed by atoms with Gasteiger partial charge in [-0.05, 0) is 61.3 Å². The van der Waals surface area contributed by atoms with E-state index in [9.17, 15) is 5.26 Å². The molecule has 3 aromatic rings. The molecule has 27 heavy (non-hydrogen) atoms. The number of hydrogen-bond donors (Lipinski definition) is 1. The van der Waals surface area contributed by atoms with Crippen molar-refractivity contribution in [3.63, 3.8) is 0 Å². The first-order valence-corrected chi connectivity index (χ1v) is 9.42. The van der Waals surface area contributed by atoms with Gasteiger partial charge in [0.25, 0.3) is 0 Å². The zero-order valence-electron chi connectivity index (χ0n) is 15.8. The van der Waals surface area contributed by atoms with Gasteiger partial charge in [-0.1, -0.05) is 54.1 Å². The smallest absolute Gasteiger partial charge is 0.142 e. The van der Waals surface area contributed by atoms with E-state index in [-0.39, 0.29) is 0 Å². The number of nitrogens with two attached hydrogens (primary N) is 1. The SMILES string of the molecule is Cc1ccc(-c2c(C#N)c(N)nc3c2CC(c2ccccc2)CC3)c(C)c1. The summed E-state index contributed by atoms with van der Waals surface area (Å²) >= 11 is 0. The van der Waals surface area contributed by atoms with E-state index in [1.54, 1.807) is 0 Å². The highest BCUT2D eigenvalue weighted by atomic mass is 14.9. The second kappa shape index (κ2) is 6.89. The summed E-state index contributed by atoms with van der Waals surface area (Å²) in [6.45, 7) is 4.19. The Bertz CT molecular complexity index is 1050. The Morgan fingerprint density at radius 3 is 2.59 bits per heavy atom. The van der Waals surface area contributed by atoms with Gasteiger partial charge in [0.2, 0.25) is 0 Å². The summed E-state index contributed by atoms with van der Waals surface area (Å²) in [4.78, 5) is 4.60. The van der Waals surface area contributed by atoms with Gasteiger partial charge in [-0.25, -0.2) is 4.98 Å². The molecule has 2 aromatic carbocycles. The predicted octanol–water partition coefficient (Wildman–Crippen LogP) is 5.09. The number of anilines is 1. The van der Waals surface area contributed by atoms with Crippen LogP contribution in [0.15, 0.2) is 48.5 Å². The molecule has 0 radical (unpaired) electrons. The lowest BCUT2D eigenvalue weighted by molar-refractivity contribution is 0.576. The molecule has 4 rings (SSSR count). The fourth-order valence-electron chi connectivity index (χ4n) is 4.29. The molecular weight excluding hydrogens is 330 g/mol. The molecule has 1 unspecified atom stereocenters. The van der Waals surface area contributed by atoms with Crippen LogP contribution in [-0.4, -0.2) is 4.98 Å². The Morgan fingerprint density at radius 1 is 1.11 bits per heavy atom. The van der Waals surface area contributed by atoms with E-state index < -0.39 is 0 Å². The minimum absolute atomic E-state index is 0.351. The van der Waals surface area contributed by atoms with Crippen LogP contribution in [0.2, 0.25) is 0 Å². The topological polar surface area (TPSA) is 62.7 Å². The van der Waals surface area contributed by atoms with E-state index in [2.05, 4.69) is 73.4 Å². The van der Waals surface area contributed by atoms with Crippen LogP contribution < -0.4 is 5.73 Å².